The maximum Gasteiger partial charge on any atom is 0.457 e. The fourth-order valence-electron chi connectivity index (χ4n) is 1.61. The molecule has 0 spiro atoms. The van der Waals surface area contributed by atoms with E-state index >= 15 is 0 Å². The molecule has 0 unspecified atom stereocenters. The average Bonchev–Trinajstić information content (AvgIpc) is 2.62. The van der Waals surface area contributed by atoms with Crippen LogP contribution >= 0.6 is 0 Å². The summed E-state index contributed by atoms with van der Waals surface area (Å²) in [6.07, 6.45) is 1.78. The minimum atomic E-state index is 0.380. The molecule has 2 N–H and O–H groups in total. The van der Waals surface area contributed by atoms with Gasteiger partial charge in [-0.15, -0.1) is 0 Å². The van der Waals surface area contributed by atoms with Gasteiger partial charge in [0.25, 0.3) is 0 Å². The molecule has 2 rings (SSSR count). The average molecular weight is 246 g/mol. The Labute approximate surface area is 105 Å². The molecule has 6 heteroatoms. The van der Waals surface area contributed by atoms with Crippen molar-refractivity contribution in [3.05, 3.63) is 36.2 Å². The summed E-state index contributed by atoms with van der Waals surface area (Å²) in [6, 6.07) is 7.54. The van der Waals surface area contributed by atoms with Crippen molar-refractivity contribution in [2.45, 2.75) is 6.92 Å². The molecule has 1 aromatic heterocycles. The number of aromatic nitrogens is 2. The Hall–Kier alpha value is -2.37. The monoisotopic (exact) mass is 246 g/mol. The molecule has 0 saturated heterocycles. The van der Waals surface area contributed by atoms with E-state index in [1.807, 2.05) is 31.3 Å². The number of aryl methyl sites for hydroxylation is 2. The smallest absolute Gasteiger partial charge is 0.388 e. The second-order valence-corrected chi connectivity index (χ2v) is 3.99. The van der Waals surface area contributed by atoms with E-state index in [0.717, 1.165) is 16.1 Å². The standard InChI is InChI=1S/C12H15N5O/c1-9-8-16(3)12(17(9)18)15-14-11-6-4-10(13-2)5-7-11/h4-8,18H,1-3H3/p+1. The van der Waals surface area contributed by atoms with Gasteiger partial charge in [-0.05, 0) is 31.2 Å². The first-order valence-corrected chi connectivity index (χ1v) is 5.58. The maximum atomic E-state index is 9.71. The summed E-state index contributed by atoms with van der Waals surface area (Å²) < 4.78 is 2.71. The fourth-order valence-corrected chi connectivity index (χ4v) is 1.61. The molecule has 0 aliphatic rings. The Morgan fingerprint density at radius 3 is 2.39 bits per heavy atom. The SMILES string of the molecule is CNc1ccc(N=Nc2n(O)c(C)c[n+]2C)cc1. The van der Waals surface area contributed by atoms with Crippen LogP contribution in [0.4, 0.5) is 17.3 Å². The first kappa shape index (κ1) is 12.1. The lowest BCUT2D eigenvalue weighted by molar-refractivity contribution is -0.658. The van der Waals surface area contributed by atoms with Crippen molar-refractivity contribution in [3.8, 4) is 0 Å². The third kappa shape index (κ3) is 2.32. The van der Waals surface area contributed by atoms with E-state index < -0.39 is 0 Å². The van der Waals surface area contributed by atoms with Gasteiger partial charge in [-0.3, -0.25) is 0 Å². The molecular formula is C12H16N5O+. The van der Waals surface area contributed by atoms with Crippen molar-refractivity contribution in [2.75, 3.05) is 12.4 Å². The van der Waals surface area contributed by atoms with Crippen LogP contribution in [-0.2, 0) is 7.05 Å². The zero-order valence-corrected chi connectivity index (χ0v) is 10.6. The second-order valence-electron chi connectivity index (χ2n) is 3.99. The molecule has 6 nitrogen and oxygen atoms in total. The highest BCUT2D eigenvalue weighted by Gasteiger charge is 2.17. The lowest BCUT2D eigenvalue weighted by Gasteiger charge is -1.97. The van der Waals surface area contributed by atoms with Gasteiger partial charge in [0.2, 0.25) is 0 Å². The molecule has 1 aromatic carbocycles. The highest BCUT2D eigenvalue weighted by molar-refractivity contribution is 5.50. The van der Waals surface area contributed by atoms with Crippen LogP contribution < -0.4 is 9.88 Å². The molecular weight excluding hydrogens is 230 g/mol. The summed E-state index contributed by atoms with van der Waals surface area (Å²) in [7, 11) is 3.66. The summed E-state index contributed by atoms with van der Waals surface area (Å²) in [5.74, 6) is 0.380. The van der Waals surface area contributed by atoms with Crippen LogP contribution in [-0.4, -0.2) is 17.0 Å². The van der Waals surface area contributed by atoms with Gasteiger partial charge >= 0.3 is 5.95 Å². The topological polar surface area (TPSA) is 65.8 Å². The van der Waals surface area contributed by atoms with Crippen LogP contribution in [0.2, 0.25) is 0 Å². The van der Waals surface area contributed by atoms with E-state index in [0.29, 0.717) is 11.6 Å². The predicted octanol–water partition coefficient (Wildman–Crippen LogP) is 2.32. The van der Waals surface area contributed by atoms with E-state index in [4.69, 9.17) is 0 Å². The number of rotatable bonds is 3. The third-order valence-corrected chi connectivity index (χ3v) is 2.63. The van der Waals surface area contributed by atoms with Gasteiger partial charge < -0.3 is 10.5 Å². The minimum Gasteiger partial charge on any atom is -0.388 e. The number of nitrogens with zero attached hydrogens (tertiary/aromatic N) is 4. The fraction of sp³-hybridized carbons (Fsp3) is 0.250. The number of azo groups is 1. The van der Waals surface area contributed by atoms with E-state index in [-0.39, 0.29) is 0 Å². The highest BCUT2D eigenvalue weighted by Crippen LogP contribution is 2.18. The molecule has 0 aliphatic heterocycles. The zero-order chi connectivity index (χ0) is 13.1. The van der Waals surface area contributed by atoms with E-state index in [1.54, 1.807) is 24.7 Å². The minimum absolute atomic E-state index is 0.380. The van der Waals surface area contributed by atoms with Crippen LogP contribution in [0, 0.1) is 6.92 Å². The molecule has 0 fully saturated rings. The number of imidazole rings is 1. The van der Waals surface area contributed by atoms with Crippen molar-refractivity contribution in [1.82, 2.24) is 4.73 Å². The molecule has 0 saturated carbocycles. The van der Waals surface area contributed by atoms with E-state index in [1.165, 1.54) is 0 Å². The Bertz CT molecular complexity index is 571. The van der Waals surface area contributed by atoms with Gasteiger partial charge in [-0.25, -0.2) is 4.57 Å². The number of benzene rings is 1. The van der Waals surface area contributed by atoms with Gasteiger partial charge in [0.1, 0.15) is 11.9 Å². The normalized spacial score (nSPS) is 11.1. The molecule has 1 heterocycles. The molecule has 0 radical (unpaired) electrons. The van der Waals surface area contributed by atoms with Gasteiger partial charge in [0.05, 0.1) is 7.05 Å². The Morgan fingerprint density at radius 1 is 1.22 bits per heavy atom. The van der Waals surface area contributed by atoms with Gasteiger partial charge in [-0.1, -0.05) is 9.84 Å². The third-order valence-electron chi connectivity index (χ3n) is 2.63. The Morgan fingerprint density at radius 2 is 1.89 bits per heavy atom. The van der Waals surface area contributed by atoms with Crippen LogP contribution in [0.3, 0.4) is 0 Å². The zero-order valence-electron chi connectivity index (χ0n) is 10.6. The van der Waals surface area contributed by atoms with E-state index in [9.17, 15) is 5.21 Å². The lowest BCUT2D eigenvalue weighted by atomic mass is 10.3. The van der Waals surface area contributed by atoms with Gasteiger partial charge in [0, 0.05) is 17.8 Å². The highest BCUT2D eigenvalue weighted by atomic mass is 16.5. The lowest BCUT2D eigenvalue weighted by Crippen LogP contribution is -2.25. The second kappa shape index (κ2) is 4.87. The van der Waals surface area contributed by atoms with Crippen molar-refractivity contribution in [3.63, 3.8) is 0 Å². The number of anilines is 1. The molecule has 18 heavy (non-hydrogen) atoms. The maximum absolute atomic E-state index is 9.71. The Balaban J connectivity index is 2.24. The van der Waals surface area contributed by atoms with Crippen LogP contribution in [0.5, 0.6) is 0 Å². The van der Waals surface area contributed by atoms with Crippen molar-refractivity contribution in [2.24, 2.45) is 17.3 Å². The first-order chi connectivity index (χ1) is 8.61. The molecule has 0 atom stereocenters. The van der Waals surface area contributed by atoms with Crippen LogP contribution in [0.15, 0.2) is 40.7 Å². The van der Waals surface area contributed by atoms with E-state index in [2.05, 4.69) is 15.5 Å². The first-order valence-electron chi connectivity index (χ1n) is 5.58. The molecule has 0 amide bonds. The van der Waals surface area contributed by atoms with Crippen molar-refractivity contribution in [1.29, 1.82) is 0 Å². The van der Waals surface area contributed by atoms with Crippen molar-refractivity contribution >= 4 is 17.3 Å². The predicted molar refractivity (Wildman–Crippen MR) is 67.7 cm³/mol. The summed E-state index contributed by atoms with van der Waals surface area (Å²) in [4.78, 5) is 0. The van der Waals surface area contributed by atoms with Gasteiger partial charge in [0.15, 0.2) is 5.69 Å². The Kier molecular flexibility index (Phi) is 3.27. The van der Waals surface area contributed by atoms with Crippen molar-refractivity contribution < 1.29 is 9.77 Å². The van der Waals surface area contributed by atoms with Crippen LogP contribution in [0.25, 0.3) is 0 Å². The molecule has 94 valence electrons. The quantitative estimate of drug-likeness (QED) is 0.496. The summed E-state index contributed by atoms with van der Waals surface area (Å²) in [6.45, 7) is 1.79. The molecule has 0 aliphatic carbocycles. The largest absolute Gasteiger partial charge is 0.457 e. The summed E-state index contributed by atoms with van der Waals surface area (Å²) >= 11 is 0. The molecule has 0 bridgehead atoms. The number of hydrogen-bond acceptors (Lipinski definition) is 4. The van der Waals surface area contributed by atoms with Gasteiger partial charge in [-0.2, -0.15) is 0 Å². The molecule has 2 aromatic rings. The van der Waals surface area contributed by atoms with Crippen LogP contribution in [0.1, 0.15) is 5.69 Å². The summed E-state index contributed by atoms with van der Waals surface area (Å²) in [5, 5.41) is 20.9. The summed E-state index contributed by atoms with van der Waals surface area (Å²) in [5.41, 5.74) is 2.45. The number of nitrogens with one attached hydrogen (secondary N) is 1. The number of hydrogen-bond donors (Lipinski definition) is 2.